The SMILES string of the molecule is Cc1cn2cc(-c3cc4sc(N(C)[C@@H]5C[C@H]6CC[C@@H](C5)N6C)nc4cn3)cc(C#N)c2n1. The van der Waals surface area contributed by atoms with Gasteiger partial charge in [0.15, 0.2) is 10.8 Å². The van der Waals surface area contributed by atoms with Gasteiger partial charge in [-0.05, 0) is 51.8 Å². The summed E-state index contributed by atoms with van der Waals surface area (Å²) in [7, 11) is 4.47. The third-order valence-corrected chi connectivity index (χ3v) is 8.38. The number of hydrogen-bond donors (Lipinski definition) is 0. The number of anilines is 1. The molecule has 2 saturated heterocycles. The zero-order valence-electron chi connectivity index (χ0n) is 18.5. The first-order valence-corrected chi connectivity index (χ1v) is 11.9. The Labute approximate surface area is 191 Å². The van der Waals surface area contributed by atoms with Crippen LogP contribution in [0.2, 0.25) is 0 Å². The molecule has 162 valence electrons. The third-order valence-electron chi connectivity index (χ3n) is 7.27. The number of imidazole rings is 1. The fourth-order valence-electron chi connectivity index (χ4n) is 5.43. The molecule has 8 heteroatoms. The quantitative estimate of drug-likeness (QED) is 0.471. The lowest BCUT2D eigenvalue weighted by molar-refractivity contribution is 0.161. The van der Waals surface area contributed by atoms with E-state index < -0.39 is 0 Å². The number of nitrogens with zero attached hydrogens (tertiary/aromatic N) is 7. The van der Waals surface area contributed by atoms with Gasteiger partial charge in [-0.2, -0.15) is 5.26 Å². The number of hydrogen-bond acceptors (Lipinski definition) is 7. The number of aryl methyl sites for hydroxylation is 1. The highest BCUT2D eigenvalue weighted by molar-refractivity contribution is 7.22. The van der Waals surface area contributed by atoms with E-state index in [1.54, 1.807) is 11.3 Å². The van der Waals surface area contributed by atoms with Gasteiger partial charge in [-0.15, -0.1) is 0 Å². The number of fused-ring (bicyclic) bond motifs is 4. The Morgan fingerprint density at radius 2 is 1.94 bits per heavy atom. The van der Waals surface area contributed by atoms with Crippen molar-refractivity contribution in [3.05, 3.63) is 42.0 Å². The maximum Gasteiger partial charge on any atom is 0.186 e. The molecule has 2 fully saturated rings. The van der Waals surface area contributed by atoms with Crippen molar-refractivity contribution in [2.75, 3.05) is 19.0 Å². The van der Waals surface area contributed by atoms with Crippen molar-refractivity contribution < 1.29 is 0 Å². The summed E-state index contributed by atoms with van der Waals surface area (Å²) in [5.74, 6) is 0. The molecule has 0 saturated carbocycles. The van der Waals surface area contributed by atoms with Crippen LogP contribution in [0.1, 0.15) is 36.9 Å². The van der Waals surface area contributed by atoms with Crippen LogP contribution in [0.25, 0.3) is 27.1 Å². The molecule has 6 heterocycles. The van der Waals surface area contributed by atoms with Crippen LogP contribution in [0.15, 0.2) is 30.7 Å². The average Bonchev–Trinajstić information content (AvgIpc) is 3.43. The van der Waals surface area contributed by atoms with E-state index in [1.165, 1.54) is 25.7 Å². The fourth-order valence-corrected chi connectivity index (χ4v) is 6.43. The first kappa shape index (κ1) is 19.6. The van der Waals surface area contributed by atoms with E-state index >= 15 is 0 Å². The lowest BCUT2D eigenvalue weighted by atomic mass is 9.97. The van der Waals surface area contributed by atoms with Gasteiger partial charge in [0.1, 0.15) is 11.6 Å². The molecular formula is C24H25N7S. The molecule has 0 aromatic carbocycles. The van der Waals surface area contributed by atoms with Crippen LogP contribution in [0, 0.1) is 18.3 Å². The Morgan fingerprint density at radius 3 is 2.69 bits per heavy atom. The van der Waals surface area contributed by atoms with Crippen LogP contribution in [0.5, 0.6) is 0 Å². The Balaban J connectivity index is 1.33. The molecule has 0 N–H and O–H groups in total. The van der Waals surface area contributed by atoms with Crippen LogP contribution in [0.3, 0.4) is 0 Å². The summed E-state index contributed by atoms with van der Waals surface area (Å²) in [6.45, 7) is 1.93. The van der Waals surface area contributed by atoms with Gasteiger partial charge in [0.05, 0.1) is 27.8 Å². The number of piperidine rings is 1. The predicted octanol–water partition coefficient (Wildman–Crippen LogP) is 4.25. The molecule has 2 aliphatic rings. The predicted molar refractivity (Wildman–Crippen MR) is 127 cm³/mol. The Kier molecular flexibility index (Phi) is 4.46. The number of pyridine rings is 2. The third kappa shape index (κ3) is 3.07. The minimum absolute atomic E-state index is 0.543. The van der Waals surface area contributed by atoms with Crippen molar-refractivity contribution in [3.8, 4) is 17.3 Å². The van der Waals surface area contributed by atoms with Crippen LogP contribution in [-0.2, 0) is 0 Å². The topological polar surface area (TPSA) is 73.3 Å². The zero-order chi connectivity index (χ0) is 22.0. The van der Waals surface area contributed by atoms with Gasteiger partial charge in [-0.3, -0.25) is 4.98 Å². The molecule has 2 bridgehead atoms. The highest BCUT2D eigenvalue weighted by Gasteiger charge is 2.40. The summed E-state index contributed by atoms with van der Waals surface area (Å²) in [6.07, 6.45) is 10.9. The monoisotopic (exact) mass is 443 g/mol. The molecule has 6 rings (SSSR count). The van der Waals surface area contributed by atoms with Gasteiger partial charge in [-0.1, -0.05) is 11.3 Å². The normalized spacial score (nSPS) is 23.1. The van der Waals surface area contributed by atoms with Gasteiger partial charge in [0, 0.05) is 43.1 Å². The summed E-state index contributed by atoms with van der Waals surface area (Å²) in [5.41, 5.74) is 4.81. The van der Waals surface area contributed by atoms with Crippen LogP contribution < -0.4 is 4.90 Å². The molecule has 2 aliphatic heterocycles. The molecule has 7 nitrogen and oxygen atoms in total. The summed E-state index contributed by atoms with van der Waals surface area (Å²) < 4.78 is 3.03. The van der Waals surface area contributed by atoms with E-state index in [0.717, 1.165) is 32.3 Å². The number of aromatic nitrogens is 4. The molecule has 0 spiro atoms. The van der Waals surface area contributed by atoms with Crippen molar-refractivity contribution in [2.24, 2.45) is 0 Å². The molecule has 4 aromatic rings. The molecule has 0 aliphatic carbocycles. The highest BCUT2D eigenvalue weighted by Crippen LogP contribution is 2.39. The lowest BCUT2D eigenvalue weighted by Gasteiger charge is -2.40. The second-order valence-electron chi connectivity index (χ2n) is 9.19. The van der Waals surface area contributed by atoms with E-state index in [4.69, 9.17) is 4.98 Å². The van der Waals surface area contributed by atoms with Crippen LogP contribution in [0.4, 0.5) is 5.13 Å². The highest BCUT2D eigenvalue weighted by atomic mass is 32.1. The van der Waals surface area contributed by atoms with E-state index in [9.17, 15) is 5.26 Å². The van der Waals surface area contributed by atoms with Gasteiger partial charge < -0.3 is 14.2 Å². The maximum absolute atomic E-state index is 9.59. The van der Waals surface area contributed by atoms with Crippen LogP contribution in [-0.4, -0.2) is 56.5 Å². The molecule has 32 heavy (non-hydrogen) atoms. The summed E-state index contributed by atoms with van der Waals surface area (Å²) in [5, 5.41) is 10.7. The Morgan fingerprint density at radius 1 is 1.16 bits per heavy atom. The molecule has 0 unspecified atom stereocenters. The molecule has 0 amide bonds. The van der Waals surface area contributed by atoms with Crippen LogP contribution >= 0.6 is 11.3 Å². The first-order valence-electron chi connectivity index (χ1n) is 11.1. The van der Waals surface area contributed by atoms with Gasteiger partial charge in [0.2, 0.25) is 0 Å². The average molecular weight is 444 g/mol. The standard InChI is InChI=1S/C24H25N7S/c1-14-12-31-13-16(6-15(10-25)23(31)27-14)20-9-22-21(11-26-20)28-24(32-22)30(3)19-7-17-4-5-18(8-19)29(17)2/h6,9,11-13,17-19H,4-5,7-8H2,1-3H3/t17-,18+,19-. The van der Waals surface area contributed by atoms with E-state index in [1.807, 2.05) is 36.0 Å². The fraction of sp³-hybridized carbons (Fsp3) is 0.417. The molecule has 3 atom stereocenters. The van der Waals surface area contributed by atoms with Crippen molar-refractivity contribution >= 4 is 32.3 Å². The second kappa shape index (κ2) is 7.26. The minimum Gasteiger partial charge on any atom is -0.348 e. The molecule has 4 aromatic heterocycles. The molecule has 0 radical (unpaired) electrons. The van der Waals surface area contributed by atoms with E-state index in [2.05, 4.69) is 46.0 Å². The number of nitriles is 1. The summed E-state index contributed by atoms with van der Waals surface area (Å²) in [6, 6.07) is 8.20. The smallest absolute Gasteiger partial charge is 0.186 e. The Bertz CT molecular complexity index is 1370. The largest absolute Gasteiger partial charge is 0.348 e. The summed E-state index contributed by atoms with van der Waals surface area (Å²) in [4.78, 5) is 19.0. The van der Waals surface area contributed by atoms with Gasteiger partial charge in [0.25, 0.3) is 0 Å². The van der Waals surface area contributed by atoms with Gasteiger partial charge >= 0.3 is 0 Å². The van der Waals surface area contributed by atoms with Gasteiger partial charge in [-0.25, -0.2) is 9.97 Å². The van der Waals surface area contributed by atoms with Crippen molar-refractivity contribution in [2.45, 2.75) is 50.7 Å². The summed E-state index contributed by atoms with van der Waals surface area (Å²) >= 11 is 1.73. The van der Waals surface area contributed by atoms with E-state index in [0.29, 0.717) is 29.3 Å². The zero-order valence-corrected chi connectivity index (χ0v) is 19.3. The first-order chi connectivity index (χ1) is 15.5. The minimum atomic E-state index is 0.543. The van der Waals surface area contributed by atoms with Crippen molar-refractivity contribution in [3.63, 3.8) is 0 Å². The van der Waals surface area contributed by atoms with E-state index in [-0.39, 0.29) is 0 Å². The lowest BCUT2D eigenvalue weighted by Crippen LogP contribution is -2.47. The molecular weight excluding hydrogens is 418 g/mol. The Hall–Kier alpha value is -3.02. The maximum atomic E-state index is 9.59. The number of thiazole rings is 1. The number of rotatable bonds is 3. The van der Waals surface area contributed by atoms with Crippen molar-refractivity contribution in [1.82, 2.24) is 24.3 Å². The van der Waals surface area contributed by atoms with Crippen molar-refractivity contribution in [1.29, 1.82) is 5.26 Å². The second-order valence-corrected chi connectivity index (χ2v) is 10.2.